The number of rotatable bonds is 14. The first-order valence-corrected chi connectivity index (χ1v) is 14.2. The number of amides is 1. The molecule has 0 spiro atoms. The number of nitrogens with one attached hydrogen (secondary N) is 1. The first-order valence-electron chi connectivity index (χ1n) is 12.7. The van der Waals surface area contributed by atoms with E-state index < -0.39 is 40.3 Å². The van der Waals surface area contributed by atoms with Crippen LogP contribution >= 0.6 is 0 Å². The van der Waals surface area contributed by atoms with Crippen LogP contribution in [0.15, 0.2) is 59.5 Å². The smallest absolute Gasteiger partial charge is 0.408 e. The fraction of sp³-hybridized carbons (Fsp3) is 0.481. The Morgan fingerprint density at radius 3 is 2.47 bits per heavy atom. The Morgan fingerprint density at radius 2 is 1.87 bits per heavy atom. The zero-order chi connectivity index (χ0) is 27.5. The molecule has 1 amide bonds. The van der Waals surface area contributed by atoms with E-state index in [2.05, 4.69) is 5.32 Å². The molecular weight excluding hydrogens is 512 g/mol. The first kappa shape index (κ1) is 29.4. The Labute approximate surface area is 223 Å². The Kier molecular flexibility index (Phi) is 10.9. The molecule has 0 aromatic heterocycles. The van der Waals surface area contributed by atoms with Crippen LogP contribution in [0.3, 0.4) is 0 Å². The van der Waals surface area contributed by atoms with Crippen molar-refractivity contribution in [1.29, 1.82) is 0 Å². The summed E-state index contributed by atoms with van der Waals surface area (Å²) in [6.07, 6.45) is -0.363. The fourth-order valence-electron chi connectivity index (χ4n) is 4.13. The molecule has 3 atom stereocenters. The molecule has 0 bridgehead atoms. The fourth-order valence-corrected chi connectivity index (χ4v) is 5.63. The van der Waals surface area contributed by atoms with E-state index in [1.165, 1.54) is 23.5 Å². The molecule has 1 fully saturated rings. The maximum absolute atomic E-state index is 13.5. The molecule has 1 saturated heterocycles. The number of hydrogen-bond donors (Lipinski definition) is 2. The first-order chi connectivity index (χ1) is 18.2. The van der Waals surface area contributed by atoms with Gasteiger partial charge in [0.25, 0.3) is 0 Å². The molecule has 1 unspecified atom stereocenters. The molecule has 1 aliphatic rings. The summed E-state index contributed by atoms with van der Waals surface area (Å²) >= 11 is 0. The third-order valence-corrected chi connectivity index (χ3v) is 8.18. The summed E-state index contributed by atoms with van der Waals surface area (Å²) in [6.45, 7) is 2.14. The van der Waals surface area contributed by atoms with Gasteiger partial charge in [0, 0.05) is 19.5 Å². The van der Waals surface area contributed by atoms with Gasteiger partial charge in [-0.3, -0.25) is 0 Å². The minimum Gasteiger partial charge on any atom is -0.497 e. The van der Waals surface area contributed by atoms with E-state index >= 15 is 0 Å². The molecule has 1 heterocycles. The number of carbonyl (C=O) groups is 2. The monoisotopic (exact) mass is 548 g/mol. The SMILES string of the molecule is CCCCCN(C[C@@H](O)C(Cc1ccccc1)NC(=O)O[C@@H]1CCOC1=O)S(=O)(=O)c1ccc(OC)cc1. The number of hydrogen-bond acceptors (Lipinski definition) is 8. The lowest BCUT2D eigenvalue weighted by molar-refractivity contribution is -0.144. The summed E-state index contributed by atoms with van der Waals surface area (Å²) < 4.78 is 43.5. The van der Waals surface area contributed by atoms with Crippen LogP contribution in [0.1, 0.15) is 38.2 Å². The minimum atomic E-state index is -3.95. The quantitative estimate of drug-likeness (QED) is 0.272. The van der Waals surface area contributed by atoms with Gasteiger partial charge in [0.05, 0.1) is 30.8 Å². The van der Waals surface area contributed by atoms with Gasteiger partial charge in [-0.2, -0.15) is 4.31 Å². The summed E-state index contributed by atoms with van der Waals surface area (Å²) in [5, 5.41) is 13.9. The molecule has 2 aromatic rings. The number of alkyl carbamates (subject to hydrolysis) is 1. The van der Waals surface area contributed by atoms with Crippen LogP contribution in [0.25, 0.3) is 0 Å². The van der Waals surface area contributed by atoms with E-state index in [0.717, 1.165) is 18.4 Å². The molecule has 1 aliphatic heterocycles. The van der Waals surface area contributed by atoms with Gasteiger partial charge >= 0.3 is 12.1 Å². The highest BCUT2D eigenvalue weighted by Gasteiger charge is 2.34. The molecule has 208 valence electrons. The molecule has 3 rings (SSSR count). The van der Waals surface area contributed by atoms with Crippen LogP contribution in [0, 0.1) is 0 Å². The molecule has 2 aromatic carbocycles. The average molecular weight is 549 g/mol. The summed E-state index contributed by atoms with van der Waals surface area (Å²) in [4.78, 5) is 24.4. The largest absolute Gasteiger partial charge is 0.497 e. The van der Waals surface area contributed by atoms with Gasteiger partial charge < -0.3 is 24.6 Å². The van der Waals surface area contributed by atoms with E-state index in [4.69, 9.17) is 14.2 Å². The molecule has 0 aliphatic carbocycles. The third-order valence-electron chi connectivity index (χ3n) is 6.30. The second-order valence-corrected chi connectivity index (χ2v) is 11.0. The predicted octanol–water partition coefficient (Wildman–Crippen LogP) is 2.89. The van der Waals surface area contributed by atoms with Crippen LogP contribution < -0.4 is 10.1 Å². The van der Waals surface area contributed by atoms with Crippen molar-refractivity contribution in [3.63, 3.8) is 0 Å². The van der Waals surface area contributed by atoms with Crippen LogP contribution in [0.4, 0.5) is 4.79 Å². The van der Waals surface area contributed by atoms with Gasteiger partial charge in [-0.05, 0) is 42.7 Å². The number of ether oxygens (including phenoxy) is 3. The summed E-state index contributed by atoms with van der Waals surface area (Å²) in [6, 6.07) is 14.4. The Balaban J connectivity index is 1.80. The number of aliphatic hydroxyl groups is 1. The van der Waals surface area contributed by atoms with Crippen molar-refractivity contribution in [2.24, 2.45) is 0 Å². The Morgan fingerprint density at radius 1 is 1.16 bits per heavy atom. The van der Waals surface area contributed by atoms with Crippen molar-refractivity contribution < 1.29 is 37.3 Å². The number of unbranched alkanes of at least 4 members (excludes halogenated alkanes) is 2. The molecule has 2 N–H and O–H groups in total. The Hall–Kier alpha value is -3.15. The molecule has 38 heavy (non-hydrogen) atoms. The highest BCUT2D eigenvalue weighted by molar-refractivity contribution is 7.89. The average Bonchev–Trinajstić information content (AvgIpc) is 3.32. The van der Waals surface area contributed by atoms with Crippen molar-refractivity contribution in [2.75, 3.05) is 26.8 Å². The molecule has 0 saturated carbocycles. The van der Waals surface area contributed by atoms with Crippen LogP contribution in [0.5, 0.6) is 5.75 Å². The number of benzene rings is 2. The second-order valence-electron chi connectivity index (χ2n) is 9.10. The molecule has 11 heteroatoms. The normalized spacial score (nSPS) is 17.1. The van der Waals surface area contributed by atoms with Gasteiger partial charge in [0.15, 0.2) is 0 Å². The van der Waals surface area contributed by atoms with Gasteiger partial charge in [-0.15, -0.1) is 0 Å². The van der Waals surface area contributed by atoms with Gasteiger partial charge in [-0.25, -0.2) is 18.0 Å². The molecule has 10 nitrogen and oxygen atoms in total. The lowest BCUT2D eigenvalue weighted by atomic mass is 10.0. The number of methoxy groups -OCH3 is 1. The number of sulfonamides is 1. The number of aliphatic hydroxyl groups excluding tert-OH is 1. The maximum Gasteiger partial charge on any atom is 0.408 e. The van der Waals surface area contributed by atoms with E-state index in [0.29, 0.717) is 12.2 Å². The summed E-state index contributed by atoms with van der Waals surface area (Å²) in [5.41, 5.74) is 0.827. The zero-order valence-electron chi connectivity index (χ0n) is 21.7. The standard InChI is InChI=1S/C27H36N2O8S/c1-3-4-8-16-29(38(33,34)22-13-11-21(35-2)12-14-22)19-24(30)23(18-20-9-6-5-7-10-20)28-27(32)37-25-15-17-36-26(25)31/h5-7,9-14,23-25,30H,3-4,8,15-19H2,1-2H3,(H,28,32)/t23?,24-,25-/m1/s1. The maximum atomic E-state index is 13.5. The number of carbonyl (C=O) groups excluding carboxylic acids is 2. The second kappa shape index (κ2) is 14.1. The van der Waals surface area contributed by atoms with Crippen LogP contribution in [-0.4, -0.2) is 74.9 Å². The van der Waals surface area contributed by atoms with Crippen molar-refractivity contribution in [3.05, 3.63) is 60.2 Å². The highest BCUT2D eigenvalue weighted by atomic mass is 32.2. The number of cyclic esters (lactones) is 1. The van der Waals surface area contributed by atoms with Crippen molar-refractivity contribution in [2.45, 2.75) is 62.2 Å². The van der Waals surface area contributed by atoms with E-state index in [9.17, 15) is 23.1 Å². The Bertz CT molecular complexity index is 1140. The van der Waals surface area contributed by atoms with Crippen LogP contribution in [-0.2, 0) is 30.7 Å². The summed E-state index contributed by atoms with van der Waals surface area (Å²) in [7, 11) is -2.45. The zero-order valence-corrected chi connectivity index (χ0v) is 22.6. The topological polar surface area (TPSA) is 131 Å². The van der Waals surface area contributed by atoms with Crippen LogP contribution in [0.2, 0.25) is 0 Å². The molecule has 0 radical (unpaired) electrons. The minimum absolute atomic E-state index is 0.0775. The summed E-state index contributed by atoms with van der Waals surface area (Å²) in [5.74, 6) is -0.0914. The van der Waals surface area contributed by atoms with Gasteiger partial charge in [0.1, 0.15) is 5.75 Å². The molecular formula is C27H36N2O8S. The highest BCUT2D eigenvalue weighted by Crippen LogP contribution is 2.21. The van der Waals surface area contributed by atoms with Crippen molar-refractivity contribution in [1.82, 2.24) is 9.62 Å². The van der Waals surface area contributed by atoms with E-state index in [1.807, 2.05) is 37.3 Å². The number of nitrogens with zero attached hydrogens (tertiary/aromatic N) is 1. The lowest BCUT2D eigenvalue weighted by Crippen LogP contribution is -2.51. The predicted molar refractivity (Wildman–Crippen MR) is 140 cm³/mol. The van der Waals surface area contributed by atoms with Crippen molar-refractivity contribution >= 4 is 22.1 Å². The number of esters is 1. The third kappa shape index (κ3) is 8.17. The van der Waals surface area contributed by atoms with Crippen molar-refractivity contribution in [3.8, 4) is 5.75 Å². The lowest BCUT2D eigenvalue weighted by Gasteiger charge is -2.30. The van der Waals surface area contributed by atoms with E-state index in [1.54, 1.807) is 12.1 Å². The van der Waals surface area contributed by atoms with Gasteiger partial charge in [-0.1, -0.05) is 50.1 Å². The van der Waals surface area contributed by atoms with E-state index in [-0.39, 0.29) is 37.4 Å². The van der Waals surface area contributed by atoms with Gasteiger partial charge in [0.2, 0.25) is 16.1 Å².